The van der Waals surface area contributed by atoms with Gasteiger partial charge in [0.1, 0.15) is 0 Å². The van der Waals surface area contributed by atoms with Crippen LogP contribution in [0.4, 0.5) is 17.6 Å². The lowest BCUT2D eigenvalue weighted by atomic mass is 9.87. The van der Waals surface area contributed by atoms with Crippen molar-refractivity contribution in [3.05, 3.63) is 24.3 Å². The van der Waals surface area contributed by atoms with Gasteiger partial charge in [-0.2, -0.15) is 17.6 Å². The highest BCUT2D eigenvalue weighted by molar-refractivity contribution is 5.00. The molecule has 0 amide bonds. The fraction of sp³-hybridized carbons (Fsp3) is 0.778. The van der Waals surface area contributed by atoms with E-state index in [4.69, 9.17) is 5.73 Å². The molecule has 136 valence electrons. The van der Waals surface area contributed by atoms with Gasteiger partial charge in [-0.15, -0.1) is 0 Å². The van der Waals surface area contributed by atoms with Gasteiger partial charge in [0.2, 0.25) is 0 Å². The Labute approximate surface area is 138 Å². The lowest BCUT2D eigenvalue weighted by Crippen LogP contribution is -2.40. The van der Waals surface area contributed by atoms with E-state index in [0.29, 0.717) is 24.0 Å². The lowest BCUT2D eigenvalue weighted by molar-refractivity contribution is -0.214. The molecule has 0 unspecified atom stereocenters. The molecule has 0 aliphatic rings. The molecule has 0 radical (unpaired) electrons. The third-order valence-electron chi connectivity index (χ3n) is 3.85. The molecule has 0 aromatic carbocycles. The third kappa shape index (κ3) is 9.14. The molecular formula is C18H31F4N. The highest BCUT2D eigenvalue weighted by Crippen LogP contribution is 2.42. The van der Waals surface area contributed by atoms with Crippen molar-refractivity contribution in [3.63, 3.8) is 0 Å². The standard InChI is InChI=1S/C18H31F4N/c1-14(6-10-16(3,4)5)7-11-17(19,20)18(21,22)12-8-15(2)9-13-23/h1-2,6-13,23H2,3-5H3. The molecule has 2 N–H and O–H groups in total. The minimum Gasteiger partial charge on any atom is -0.330 e. The summed E-state index contributed by atoms with van der Waals surface area (Å²) in [6.45, 7) is 13.7. The van der Waals surface area contributed by atoms with Crippen LogP contribution >= 0.6 is 0 Å². The van der Waals surface area contributed by atoms with Crippen molar-refractivity contribution in [2.75, 3.05) is 6.54 Å². The first-order valence-electron chi connectivity index (χ1n) is 8.10. The zero-order valence-corrected chi connectivity index (χ0v) is 14.7. The maximum atomic E-state index is 13.8. The maximum absolute atomic E-state index is 13.8. The second-order valence-corrected chi connectivity index (χ2v) is 7.51. The molecule has 0 atom stereocenters. The highest BCUT2D eigenvalue weighted by atomic mass is 19.3. The van der Waals surface area contributed by atoms with Gasteiger partial charge in [-0.25, -0.2) is 0 Å². The summed E-state index contributed by atoms with van der Waals surface area (Å²) in [4.78, 5) is 0. The van der Waals surface area contributed by atoms with Crippen LogP contribution in [0.15, 0.2) is 24.3 Å². The van der Waals surface area contributed by atoms with Crippen molar-refractivity contribution in [1.29, 1.82) is 0 Å². The highest BCUT2D eigenvalue weighted by Gasteiger charge is 2.54. The Kier molecular flexibility index (Phi) is 8.53. The summed E-state index contributed by atoms with van der Waals surface area (Å²) in [5.41, 5.74) is 6.44. The van der Waals surface area contributed by atoms with Crippen LogP contribution in [0.3, 0.4) is 0 Å². The average molecular weight is 337 g/mol. The predicted molar refractivity (Wildman–Crippen MR) is 89.0 cm³/mol. The van der Waals surface area contributed by atoms with E-state index >= 15 is 0 Å². The van der Waals surface area contributed by atoms with Crippen molar-refractivity contribution < 1.29 is 17.6 Å². The van der Waals surface area contributed by atoms with E-state index in [0.717, 1.165) is 6.42 Å². The molecule has 0 aliphatic heterocycles. The summed E-state index contributed by atoms with van der Waals surface area (Å²) in [7, 11) is 0. The van der Waals surface area contributed by atoms with Crippen LogP contribution in [0.25, 0.3) is 0 Å². The Balaban J connectivity index is 4.42. The van der Waals surface area contributed by atoms with Crippen molar-refractivity contribution >= 4 is 0 Å². The van der Waals surface area contributed by atoms with Crippen LogP contribution in [0, 0.1) is 5.41 Å². The zero-order chi connectivity index (χ0) is 18.3. The van der Waals surface area contributed by atoms with Crippen LogP contribution in [0.1, 0.15) is 65.7 Å². The summed E-state index contributed by atoms with van der Waals surface area (Å²) < 4.78 is 55.2. The molecular weight excluding hydrogens is 306 g/mol. The van der Waals surface area contributed by atoms with E-state index in [9.17, 15) is 17.6 Å². The van der Waals surface area contributed by atoms with E-state index in [1.54, 1.807) is 0 Å². The second-order valence-electron chi connectivity index (χ2n) is 7.51. The first-order chi connectivity index (χ1) is 10.3. The Hall–Kier alpha value is -0.840. The second kappa shape index (κ2) is 8.86. The van der Waals surface area contributed by atoms with E-state index in [2.05, 4.69) is 13.2 Å². The quantitative estimate of drug-likeness (QED) is 0.357. The Bertz CT molecular complexity index is 394. The molecule has 0 aromatic rings. The Morgan fingerprint density at radius 3 is 1.43 bits per heavy atom. The first kappa shape index (κ1) is 22.2. The number of halogens is 4. The third-order valence-corrected chi connectivity index (χ3v) is 3.85. The van der Waals surface area contributed by atoms with E-state index in [-0.39, 0.29) is 24.8 Å². The van der Waals surface area contributed by atoms with Gasteiger partial charge in [-0.05, 0) is 44.1 Å². The number of alkyl halides is 4. The monoisotopic (exact) mass is 337 g/mol. The van der Waals surface area contributed by atoms with Gasteiger partial charge in [-0.3, -0.25) is 0 Å². The van der Waals surface area contributed by atoms with Crippen LogP contribution in [-0.4, -0.2) is 18.4 Å². The minimum absolute atomic E-state index is 0.0682. The van der Waals surface area contributed by atoms with Gasteiger partial charge >= 0.3 is 11.8 Å². The molecule has 0 bridgehead atoms. The van der Waals surface area contributed by atoms with Crippen LogP contribution in [0.5, 0.6) is 0 Å². The maximum Gasteiger partial charge on any atom is 0.310 e. The van der Waals surface area contributed by atoms with Gasteiger partial charge in [0.15, 0.2) is 0 Å². The lowest BCUT2D eigenvalue weighted by Gasteiger charge is -2.27. The van der Waals surface area contributed by atoms with Crippen LogP contribution in [0.2, 0.25) is 0 Å². The predicted octanol–water partition coefficient (Wildman–Crippen LogP) is 6.10. The van der Waals surface area contributed by atoms with Gasteiger partial charge in [0.05, 0.1) is 0 Å². The Morgan fingerprint density at radius 1 is 0.739 bits per heavy atom. The van der Waals surface area contributed by atoms with E-state index in [1.165, 1.54) is 0 Å². The largest absolute Gasteiger partial charge is 0.330 e. The Morgan fingerprint density at radius 2 is 1.09 bits per heavy atom. The van der Waals surface area contributed by atoms with Crippen LogP contribution < -0.4 is 5.73 Å². The molecule has 0 heterocycles. The molecule has 1 nitrogen and oxygen atoms in total. The molecule has 0 rings (SSSR count). The molecule has 0 saturated carbocycles. The van der Waals surface area contributed by atoms with Gasteiger partial charge < -0.3 is 5.73 Å². The topological polar surface area (TPSA) is 26.0 Å². The molecule has 0 aromatic heterocycles. The smallest absolute Gasteiger partial charge is 0.310 e. The SMILES string of the molecule is C=C(CCN)CCC(F)(F)C(F)(F)CCC(=C)CCC(C)(C)C. The number of hydrogen-bond donors (Lipinski definition) is 1. The number of allylic oxidation sites excluding steroid dienone is 1. The van der Waals surface area contributed by atoms with Crippen molar-refractivity contribution in [1.82, 2.24) is 0 Å². The van der Waals surface area contributed by atoms with E-state index < -0.39 is 24.7 Å². The molecule has 23 heavy (non-hydrogen) atoms. The van der Waals surface area contributed by atoms with Gasteiger partial charge in [0.25, 0.3) is 0 Å². The van der Waals surface area contributed by atoms with Gasteiger partial charge in [0, 0.05) is 12.8 Å². The summed E-state index contributed by atoms with van der Waals surface area (Å²) >= 11 is 0. The summed E-state index contributed by atoms with van der Waals surface area (Å²) in [6, 6.07) is 0. The number of rotatable bonds is 11. The molecule has 0 fully saturated rings. The fourth-order valence-electron chi connectivity index (χ4n) is 2.04. The molecule has 0 saturated heterocycles. The number of hydrogen-bond acceptors (Lipinski definition) is 1. The molecule has 0 aliphatic carbocycles. The van der Waals surface area contributed by atoms with Crippen molar-refractivity contribution in [2.45, 2.75) is 77.6 Å². The van der Waals surface area contributed by atoms with Gasteiger partial charge in [-0.1, -0.05) is 45.1 Å². The summed E-state index contributed by atoms with van der Waals surface area (Å²) in [6.07, 6.45) is -0.219. The average Bonchev–Trinajstić information content (AvgIpc) is 2.40. The number of nitrogens with two attached hydrogens (primary N) is 1. The van der Waals surface area contributed by atoms with Crippen molar-refractivity contribution in [2.24, 2.45) is 11.1 Å². The van der Waals surface area contributed by atoms with Crippen molar-refractivity contribution in [3.8, 4) is 0 Å². The first-order valence-corrected chi connectivity index (χ1v) is 8.10. The summed E-state index contributed by atoms with van der Waals surface area (Å²) in [5.74, 6) is -8.06. The zero-order valence-electron chi connectivity index (χ0n) is 14.7. The van der Waals surface area contributed by atoms with Crippen LogP contribution in [-0.2, 0) is 0 Å². The fourth-order valence-corrected chi connectivity index (χ4v) is 2.04. The van der Waals surface area contributed by atoms with E-state index in [1.807, 2.05) is 20.8 Å². The molecule has 5 heteroatoms. The normalized spacial score (nSPS) is 13.2. The molecule has 0 spiro atoms. The minimum atomic E-state index is -4.03. The summed E-state index contributed by atoms with van der Waals surface area (Å²) in [5, 5.41) is 0.